The van der Waals surface area contributed by atoms with E-state index in [4.69, 9.17) is 11.6 Å². The van der Waals surface area contributed by atoms with Crippen LogP contribution >= 0.6 is 11.6 Å². The summed E-state index contributed by atoms with van der Waals surface area (Å²) in [7, 11) is 5.87. The SMILES string of the molecule is CNc1c(Cl)ncnc1NCc1ccc(N(C)C)cc1C. The molecule has 0 bridgehead atoms. The molecule has 0 radical (unpaired) electrons. The Morgan fingerprint density at radius 1 is 1.24 bits per heavy atom. The first kappa shape index (κ1) is 15.4. The lowest BCUT2D eigenvalue weighted by molar-refractivity contribution is 1.06. The Morgan fingerprint density at radius 3 is 2.62 bits per heavy atom. The van der Waals surface area contributed by atoms with E-state index in [0.717, 1.165) is 0 Å². The molecule has 112 valence electrons. The first-order chi connectivity index (χ1) is 10.0. The topological polar surface area (TPSA) is 53.1 Å². The highest BCUT2D eigenvalue weighted by atomic mass is 35.5. The summed E-state index contributed by atoms with van der Waals surface area (Å²) in [4.78, 5) is 10.3. The quantitative estimate of drug-likeness (QED) is 0.831. The monoisotopic (exact) mass is 305 g/mol. The van der Waals surface area contributed by atoms with E-state index in [1.165, 1.54) is 23.1 Å². The van der Waals surface area contributed by atoms with Crippen molar-refractivity contribution in [3.8, 4) is 0 Å². The Bertz CT molecular complexity index is 627. The Morgan fingerprint density at radius 2 is 2.00 bits per heavy atom. The molecule has 0 saturated heterocycles. The van der Waals surface area contributed by atoms with Gasteiger partial charge in [0.2, 0.25) is 0 Å². The number of benzene rings is 1. The maximum Gasteiger partial charge on any atom is 0.157 e. The van der Waals surface area contributed by atoms with Crippen LogP contribution in [0.5, 0.6) is 0 Å². The number of nitrogens with zero attached hydrogens (tertiary/aromatic N) is 3. The van der Waals surface area contributed by atoms with E-state index < -0.39 is 0 Å². The maximum atomic E-state index is 6.04. The average molecular weight is 306 g/mol. The molecule has 2 aromatic rings. The molecule has 0 aliphatic heterocycles. The van der Waals surface area contributed by atoms with Gasteiger partial charge < -0.3 is 15.5 Å². The molecule has 1 aromatic heterocycles. The van der Waals surface area contributed by atoms with Gasteiger partial charge in [-0.15, -0.1) is 0 Å². The van der Waals surface area contributed by atoms with Gasteiger partial charge in [-0.25, -0.2) is 9.97 Å². The average Bonchev–Trinajstić information content (AvgIpc) is 2.45. The molecule has 5 nitrogen and oxygen atoms in total. The summed E-state index contributed by atoms with van der Waals surface area (Å²) in [6.07, 6.45) is 1.45. The molecule has 0 aliphatic rings. The summed E-state index contributed by atoms with van der Waals surface area (Å²) in [5.41, 5.74) is 4.36. The second kappa shape index (κ2) is 6.63. The highest BCUT2D eigenvalue weighted by Gasteiger charge is 2.08. The standard InChI is InChI=1S/C15H20ClN5/c1-10-7-12(21(3)4)6-5-11(10)8-18-15-13(17-2)14(16)19-9-20-15/h5-7,9,17H,8H2,1-4H3,(H,18,19,20). The third-order valence-corrected chi connectivity index (χ3v) is 3.63. The lowest BCUT2D eigenvalue weighted by Crippen LogP contribution is -2.10. The van der Waals surface area contributed by atoms with Gasteiger partial charge in [-0.1, -0.05) is 17.7 Å². The van der Waals surface area contributed by atoms with Gasteiger partial charge in [-0.05, 0) is 30.2 Å². The number of rotatable bonds is 5. The Balaban J connectivity index is 2.15. The van der Waals surface area contributed by atoms with Gasteiger partial charge in [-0.2, -0.15) is 0 Å². The van der Waals surface area contributed by atoms with Crippen LogP contribution in [-0.4, -0.2) is 31.1 Å². The zero-order chi connectivity index (χ0) is 15.4. The largest absolute Gasteiger partial charge is 0.383 e. The van der Waals surface area contributed by atoms with E-state index in [1.807, 2.05) is 14.1 Å². The first-order valence-corrected chi connectivity index (χ1v) is 7.09. The number of hydrogen-bond acceptors (Lipinski definition) is 5. The summed E-state index contributed by atoms with van der Waals surface area (Å²) < 4.78 is 0. The zero-order valence-corrected chi connectivity index (χ0v) is 13.5. The van der Waals surface area contributed by atoms with Gasteiger partial charge in [-0.3, -0.25) is 0 Å². The number of aromatic nitrogens is 2. The lowest BCUT2D eigenvalue weighted by atomic mass is 10.1. The van der Waals surface area contributed by atoms with Crippen molar-refractivity contribution < 1.29 is 0 Å². The number of halogens is 1. The van der Waals surface area contributed by atoms with Crippen LogP contribution in [-0.2, 0) is 6.54 Å². The van der Waals surface area contributed by atoms with Crippen molar-refractivity contribution in [1.82, 2.24) is 9.97 Å². The van der Waals surface area contributed by atoms with Crippen molar-refractivity contribution in [3.63, 3.8) is 0 Å². The number of nitrogens with one attached hydrogen (secondary N) is 2. The van der Waals surface area contributed by atoms with Gasteiger partial charge in [0.1, 0.15) is 12.0 Å². The molecule has 2 N–H and O–H groups in total. The van der Waals surface area contributed by atoms with Gasteiger partial charge in [0.05, 0.1) is 0 Å². The molecule has 1 heterocycles. The minimum Gasteiger partial charge on any atom is -0.383 e. The van der Waals surface area contributed by atoms with Gasteiger partial charge in [0.25, 0.3) is 0 Å². The second-order valence-electron chi connectivity index (χ2n) is 5.00. The smallest absolute Gasteiger partial charge is 0.157 e. The van der Waals surface area contributed by atoms with Crippen molar-refractivity contribution in [3.05, 3.63) is 40.8 Å². The van der Waals surface area contributed by atoms with Crippen molar-refractivity contribution in [2.75, 3.05) is 36.7 Å². The molecule has 0 aliphatic carbocycles. The molecule has 0 fully saturated rings. The molecule has 1 aromatic carbocycles. The number of anilines is 3. The van der Waals surface area contributed by atoms with Gasteiger partial charge >= 0.3 is 0 Å². The molecular weight excluding hydrogens is 286 g/mol. The predicted molar refractivity (Wildman–Crippen MR) is 89.4 cm³/mol. The number of hydrogen-bond donors (Lipinski definition) is 2. The van der Waals surface area contributed by atoms with E-state index in [-0.39, 0.29) is 0 Å². The zero-order valence-electron chi connectivity index (χ0n) is 12.7. The van der Waals surface area contributed by atoms with Crippen molar-refractivity contribution in [1.29, 1.82) is 0 Å². The molecule has 21 heavy (non-hydrogen) atoms. The van der Waals surface area contributed by atoms with E-state index in [2.05, 4.69) is 50.6 Å². The summed E-state index contributed by atoms with van der Waals surface area (Å²) in [5, 5.41) is 6.72. The summed E-state index contributed by atoms with van der Waals surface area (Å²) in [6, 6.07) is 6.40. The Labute approximate surface area is 130 Å². The highest BCUT2D eigenvalue weighted by Crippen LogP contribution is 2.26. The fraction of sp³-hybridized carbons (Fsp3) is 0.333. The van der Waals surface area contributed by atoms with Crippen molar-refractivity contribution in [2.24, 2.45) is 0 Å². The van der Waals surface area contributed by atoms with Crippen LogP contribution in [0.15, 0.2) is 24.5 Å². The first-order valence-electron chi connectivity index (χ1n) is 6.72. The third-order valence-electron chi connectivity index (χ3n) is 3.34. The van der Waals surface area contributed by atoms with E-state index >= 15 is 0 Å². The summed E-state index contributed by atoms with van der Waals surface area (Å²) in [6.45, 7) is 2.79. The maximum absolute atomic E-state index is 6.04. The van der Waals surface area contributed by atoms with Crippen molar-refractivity contribution >= 4 is 28.8 Å². The third kappa shape index (κ3) is 3.55. The van der Waals surface area contributed by atoms with Crippen LogP contribution in [0.3, 0.4) is 0 Å². The molecule has 0 spiro atoms. The molecule has 2 rings (SSSR count). The number of aryl methyl sites for hydroxylation is 1. The molecule has 6 heteroatoms. The van der Waals surface area contributed by atoms with Gasteiger partial charge in [0, 0.05) is 33.4 Å². The van der Waals surface area contributed by atoms with Crippen LogP contribution in [0.1, 0.15) is 11.1 Å². The van der Waals surface area contributed by atoms with E-state index in [0.29, 0.717) is 23.2 Å². The predicted octanol–water partition coefficient (Wildman–Crippen LogP) is 3.16. The summed E-state index contributed by atoms with van der Waals surface area (Å²) >= 11 is 6.04. The Hall–Kier alpha value is -2.01. The molecule has 0 amide bonds. The van der Waals surface area contributed by atoms with Crippen LogP contribution in [0.4, 0.5) is 17.2 Å². The fourth-order valence-corrected chi connectivity index (χ4v) is 2.28. The fourth-order valence-electron chi connectivity index (χ4n) is 2.06. The highest BCUT2D eigenvalue weighted by molar-refractivity contribution is 6.32. The lowest BCUT2D eigenvalue weighted by Gasteiger charge is -2.16. The molecule has 0 unspecified atom stereocenters. The molecule has 0 atom stereocenters. The van der Waals surface area contributed by atoms with Crippen LogP contribution < -0.4 is 15.5 Å². The summed E-state index contributed by atoms with van der Waals surface area (Å²) in [5.74, 6) is 0.702. The van der Waals surface area contributed by atoms with Crippen LogP contribution in [0, 0.1) is 6.92 Å². The molecule has 0 saturated carbocycles. The van der Waals surface area contributed by atoms with Crippen LogP contribution in [0.25, 0.3) is 0 Å². The van der Waals surface area contributed by atoms with E-state index in [9.17, 15) is 0 Å². The minimum absolute atomic E-state index is 0.412. The minimum atomic E-state index is 0.412. The van der Waals surface area contributed by atoms with Gasteiger partial charge in [0.15, 0.2) is 11.0 Å². The van der Waals surface area contributed by atoms with E-state index in [1.54, 1.807) is 7.05 Å². The Kier molecular flexibility index (Phi) is 4.85. The van der Waals surface area contributed by atoms with Crippen LogP contribution in [0.2, 0.25) is 5.15 Å². The molecular formula is C15H20ClN5. The van der Waals surface area contributed by atoms with Crippen molar-refractivity contribution in [2.45, 2.75) is 13.5 Å². The normalized spacial score (nSPS) is 10.3. The second-order valence-corrected chi connectivity index (χ2v) is 5.35.